The van der Waals surface area contributed by atoms with Crippen molar-refractivity contribution in [1.82, 2.24) is 0 Å². The number of aliphatic hydroxyl groups is 7. The summed E-state index contributed by atoms with van der Waals surface area (Å²) in [4.78, 5) is 0. The van der Waals surface area contributed by atoms with Gasteiger partial charge in [0.1, 0.15) is 42.7 Å². The van der Waals surface area contributed by atoms with Crippen molar-refractivity contribution in [3.05, 3.63) is 47.5 Å². The fourth-order valence-electron chi connectivity index (χ4n) is 6.82. The highest BCUT2D eigenvalue weighted by Crippen LogP contribution is 2.51. The Balaban J connectivity index is 1.20. The van der Waals surface area contributed by atoms with E-state index in [0.717, 1.165) is 11.1 Å². The van der Waals surface area contributed by atoms with Crippen molar-refractivity contribution < 1.29 is 78.7 Å². The van der Waals surface area contributed by atoms with E-state index in [1.807, 2.05) is 0 Å². The van der Waals surface area contributed by atoms with Crippen LogP contribution >= 0.6 is 0 Å². The minimum Gasteiger partial charge on any atom is -0.504 e. The fraction of sp³-hybridized carbons (Fsp3) is 0.625. The van der Waals surface area contributed by atoms with Crippen molar-refractivity contribution in [1.29, 1.82) is 0 Å². The Bertz CT molecular complexity index is 1390. The van der Waals surface area contributed by atoms with Crippen molar-refractivity contribution in [3.8, 4) is 23.0 Å². The van der Waals surface area contributed by atoms with Crippen molar-refractivity contribution in [2.24, 2.45) is 11.8 Å². The number of hydrogen-bond acceptors (Lipinski definition) is 16. The van der Waals surface area contributed by atoms with Gasteiger partial charge in [0, 0.05) is 11.8 Å². The highest BCUT2D eigenvalue weighted by atomic mass is 16.8. The maximum Gasteiger partial charge on any atom is 0.229 e. The molecule has 0 aliphatic carbocycles. The fourth-order valence-corrected chi connectivity index (χ4v) is 6.82. The zero-order chi connectivity index (χ0) is 34.3. The Morgan fingerprint density at radius 3 is 1.77 bits per heavy atom. The molecule has 4 aliphatic rings. The van der Waals surface area contributed by atoms with E-state index in [1.54, 1.807) is 36.4 Å². The molecule has 48 heavy (non-hydrogen) atoms. The average molecular weight is 683 g/mol. The number of benzene rings is 2. The van der Waals surface area contributed by atoms with Crippen molar-refractivity contribution in [2.75, 3.05) is 40.6 Å². The molecule has 2 aromatic rings. The average Bonchev–Trinajstić information content (AvgIpc) is 3.71. The summed E-state index contributed by atoms with van der Waals surface area (Å²) in [6, 6.07) is 10.2. The second-order valence-electron chi connectivity index (χ2n) is 12.3. The molecule has 8 N–H and O–H groups in total. The number of hydrogen-bond donors (Lipinski definition) is 8. The summed E-state index contributed by atoms with van der Waals surface area (Å²) in [5, 5.41) is 81.8. The molecule has 6 rings (SSSR count). The summed E-state index contributed by atoms with van der Waals surface area (Å²) in [7, 11) is 2.91. The third-order valence-corrected chi connectivity index (χ3v) is 9.52. The van der Waals surface area contributed by atoms with E-state index >= 15 is 0 Å². The lowest BCUT2D eigenvalue weighted by molar-refractivity contribution is -0.357. The van der Waals surface area contributed by atoms with Gasteiger partial charge in [-0.25, -0.2) is 0 Å². The first-order valence-corrected chi connectivity index (χ1v) is 15.6. The molecule has 16 nitrogen and oxygen atoms in total. The van der Waals surface area contributed by atoms with Gasteiger partial charge in [-0.15, -0.1) is 0 Å². The molecule has 0 amide bonds. The first kappa shape index (κ1) is 35.0. The molecule has 0 bridgehead atoms. The SMILES string of the molecule is COc1cc(C2OCC3C(c4ccc(OC5OC(CO)C(O)C(O)C5OC5OC(CO)C(O)C(O)C5O)c(OC)c4)OCC23)ccc1O. The molecule has 0 radical (unpaired) electrons. The lowest BCUT2D eigenvalue weighted by Crippen LogP contribution is -2.65. The summed E-state index contributed by atoms with van der Waals surface area (Å²) in [6.45, 7) is -0.529. The lowest BCUT2D eigenvalue weighted by atomic mass is 9.85. The highest BCUT2D eigenvalue weighted by Gasteiger charge is 2.52. The third-order valence-electron chi connectivity index (χ3n) is 9.52. The van der Waals surface area contributed by atoms with Crippen LogP contribution in [0, 0.1) is 11.8 Å². The van der Waals surface area contributed by atoms with Crippen molar-refractivity contribution in [3.63, 3.8) is 0 Å². The molecule has 4 saturated heterocycles. The zero-order valence-corrected chi connectivity index (χ0v) is 26.2. The van der Waals surface area contributed by atoms with Crippen molar-refractivity contribution >= 4 is 0 Å². The van der Waals surface area contributed by atoms with E-state index in [-0.39, 0.29) is 41.3 Å². The molecule has 0 saturated carbocycles. The number of phenols is 1. The van der Waals surface area contributed by atoms with Gasteiger partial charge >= 0.3 is 0 Å². The molecule has 2 aromatic carbocycles. The van der Waals surface area contributed by atoms with Crippen LogP contribution < -0.4 is 14.2 Å². The minimum atomic E-state index is -1.80. The Morgan fingerprint density at radius 2 is 1.19 bits per heavy atom. The number of fused-ring (bicyclic) bond motifs is 1. The van der Waals surface area contributed by atoms with Crippen molar-refractivity contribution in [2.45, 2.75) is 73.6 Å². The van der Waals surface area contributed by atoms with E-state index in [4.69, 9.17) is 37.9 Å². The minimum absolute atomic E-state index is 0.00575. The van der Waals surface area contributed by atoms with Crippen LogP contribution in [0.1, 0.15) is 23.3 Å². The van der Waals surface area contributed by atoms with Gasteiger partial charge in [-0.3, -0.25) is 0 Å². The summed E-state index contributed by atoms with van der Waals surface area (Å²) < 4.78 is 46.3. The molecule has 14 atom stereocenters. The van der Waals surface area contributed by atoms with Gasteiger partial charge < -0.3 is 78.7 Å². The van der Waals surface area contributed by atoms with Crippen LogP contribution in [0.4, 0.5) is 0 Å². The van der Waals surface area contributed by atoms with E-state index in [9.17, 15) is 40.9 Å². The molecule has 0 aromatic heterocycles. The number of aromatic hydroxyl groups is 1. The largest absolute Gasteiger partial charge is 0.504 e. The molecular weight excluding hydrogens is 640 g/mol. The van der Waals surface area contributed by atoms with Crippen LogP contribution in [-0.4, -0.2) is 143 Å². The number of aliphatic hydroxyl groups excluding tert-OH is 7. The van der Waals surface area contributed by atoms with Gasteiger partial charge in [0.15, 0.2) is 35.4 Å². The smallest absolute Gasteiger partial charge is 0.229 e. The summed E-state index contributed by atoms with van der Waals surface area (Å²) >= 11 is 0. The zero-order valence-electron chi connectivity index (χ0n) is 26.2. The summed E-state index contributed by atoms with van der Waals surface area (Å²) in [5.74, 6) is 0.825. The van der Waals surface area contributed by atoms with Gasteiger partial charge in [-0.2, -0.15) is 0 Å². The first-order chi connectivity index (χ1) is 23.1. The maximum absolute atomic E-state index is 11.0. The van der Waals surface area contributed by atoms with Gasteiger partial charge in [0.25, 0.3) is 0 Å². The van der Waals surface area contributed by atoms with Crippen LogP contribution in [0.15, 0.2) is 36.4 Å². The van der Waals surface area contributed by atoms with Crippen LogP contribution in [0.25, 0.3) is 0 Å². The molecule has 4 fully saturated rings. The van der Waals surface area contributed by atoms with Gasteiger partial charge in [0.2, 0.25) is 6.29 Å². The molecule has 0 spiro atoms. The Kier molecular flexibility index (Phi) is 10.6. The molecular formula is C32H42O16. The van der Waals surface area contributed by atoms with Gasteiger partial charge in [-0.05, 0) is 35.4 Å². The number of phenolic OH excluding ortho intramolecular Hbond substituents is 1. The van der Waals surface area contributed by atoms with E-state index in [1.165, 1.54) is 14.2 Å². The number of rotatable bonds is 10. The normalized spacial score (nSPS) is 39.6. The second-order valence-corrected chi connectivity index (χ2v) is 12.3. The predicted molar refractivity (Wildman–Crippen MR) is 159 cm³/mol. The molecule has 4 aliphatic heterocycles. The summed E-state index contributed by atoms with van der Waals surface area (Å²) in [6.07, 6.45) is -16.5. The van der Waals surface area contributed by atoms with E-state index in [0.29, 0.717) is 19.0 Å². The van der Waals surface area contributed by atoms with Crippen LogP contribution in [0.5, 0.6) is 23.0 Å². The number of ether oxygens (including phenoxy) is 8. The van der Waals surface area contributed by atoms with Crippen LogP contribution in [0.3, 0.4) is 0 Å². The summed E-state index contributed by atoms with van der Waals surface area (Å²) in [5.41, 5.74) is 1.64. The standard InChI is InChI=1S/C32H42O16/c1-41-19-7-13(3-5-17(19)35)28-15-11-44-29(16(15)12-43-28)14-4-6-18(20(8-14)42-2)45-32-30(26(39)24(37)22(10-34)47-32)48-31-27(40)25(38)23(36)21(9-33)46-31/h3-8,15-16,21-40H,9-12H2,1-2H3. The molecule has 16 heteroatoms. The van der Waals surface area contributed by atoms with Gasteiger partial charge in [-0.1, -0.05) is 12.1 Å². The lowest BCUT2D eigenvalue weighted by Gasteiger charge is -2.45. The molecule has 14 unspecified atom stereocenters. The number of methoxy groups -OCH3 is 2. The second kappa shape index (κ2) is 14.6. The van der Waals surface area contributed by atoms with Crippen LogP contribution in [-0.2, 0) is 23.7 Å². The highest BCUT2D eigenvalue weighted by molar-refractivity contribution is 5.45. The van der Waals surface area contributed by atoms with E-state index in [2.05, 4.69) is 0 Å². The Labute approximate surface area is 275 Å². The quantitative estimate of drug-likeness (QED) is 0.142. The Morgan fingerprint density at radius 1 is 0.646 bits per heavy atom. The monoisotopic (exact) mass is 682 g/mol. The predicted octanol–water partition coefficient (Wildman–Crippen LogP) is -1.51. The van der Waals surface area contributed by atoms with E-state index < -0.39 is 74.6 Å². The molecule has 266 valence electrons. The third kappa shape index (κ3) is 6.44. The topological polar surface area (TPSA) is 236 Å². The van der Waals surface area contributed by atoms with Crippen LogP contribution in [0.2, 0.25) is 0 Å². The molecule has 4 heterocycles. The first-order valence-electron chi connectivity index (χ1n) is 15.6. The van der Waals surface area contributed by atoms with Gasteiger partial charge in [0.05, 0.1) is 52.9 Å². The maximum atomic E-state index is 11.0. The Hall–Kier alpha value is -2.84.